The van der Waals surface area contributed by atoms with E-state index in [-0.39, 0.29) is 32.9 Å². The van der Waals surface area contributed by atoms with E-state index in [0.717, 1.165) is 18.2 Å². The first-order valence-electron chi connectivity index (χ1n) is 8.32. The monoisotopic (exact) mass is 438 g/mol. The molecule has 0 aliphatic heterocycles. The normalized spacial score (nSPS) is 11.5. The second-order valence-corrected chi connectivity index (χ2v) is 8.89. The standard InChI is InChI=1S/C19H16F2N2O4S2/c1-11-18(29(25,26)27)28-19(22-11)23(2)17(24)9-12-3-5-13(6-4-12)15-10-14(20)7-8-16(15)21/h3-8,10H,9H2,1-2H3,(H,25,26,27). The van der Waals surface area contributed by atoms with E-state index < -0.39 is 21.8 Å². The Morgan fingerprint density at radius 2 is 1.83 bits per heavy atom. The molecule has 6 nitrogen and oxygen atoms in total. The van der Waals surface area contributed by atoms with E-state index in [4.69, 9.17) is 0 Å². The predicted molar refractivity (Wildman–Crippen MR) is 106 cm³/mol. The number of amides is 1. The Bertz CT molecular complexity index is 1180. The fourth-order valence-corrected chi connectivity index (χ4v) is 4.52. The number of thiazole rings is 1. The van der Waals surface area contributed by atoms with Crippen molar-refractivity contribution >= 4 is 32.5 Å². The molecule has 0 aliphatic rings. The highest BCUT2D eigenvalue weighted by Gasteiger charge is 2.23. The van der Waals surface area contributed by atoms with Crippen LogP contribution in [0.2, 0.25) is 0 Å². The number of aryl methyl sites for hydroxylation is 1. The Hall–Kier alpha value is -2.69. The van der Waals surface area contributed by atoms with Crippen LogP contribution < -0.4 is 4.90 Å². The van der Waals surface area contributed by atoms with Crippen LogP contribution in [0.15, 0.2) is 46.7 Å². The number of hydrogen-bond donors (Lipinski definition) is 1. The lowest BCUT2D eigenvalue weighted by Crippen LogP contribution is -2.27. The predicted octanol–water partition coefficient (Wildman–Crippen LogP) is 3.85. The van der Waals surface area contributed by atoms with Gasteiger partial charge in [0.15, 0.2) is 9.34 Å². The molecule has 0 fully saturated rings. The first-order chi connectivity index (χ1) is 13.6. The largest absolute Gasteiger partial charge is 0.306 e. The van der Waals surface area contributed by atoms with E-state index in [1.54, 1.807) is 24.3 Å². The fraction of sp³-hybridized carbons (Fsp3) is 0.158. The van der Waals surface area contributed by atoms with E-state index in [2.05, 4.69) is 4.98 Å². The number of halogens is 2. The van der Waals surface area contributed by atoms with Crippen molar-refractivity contribution in [2.24, 2.45) is 0 Å². The summed E-state index contributed by atoms with van der Waals surface area (Å²) in [6.45, 7) is 1.42. The molecule has 0 spiro atoms. The van der Waals surface area contributed by atoms with Crippen LogP contribution in [0.4, 0.5) is 13.9 Å². The van der Waals surface area contributed by atoms with Crippen LogP contribution in [0.3, 0.4) is 0 Å². The molecule has 0 radical (unpaired) electrons. The lowest BCUT2D eigenvalue weighted by molar-refractivity contribution is -0.117. The van der Waals surface area contributed by atoms with Gasteiger partial charge in [-0.15, -0.1) is 0 Å². The van der Waals surface area contributed by atoms with Crippen molar-refractivity contribution in [2.75, 3.05) is 11.9 Å². The van der Waals surface area contributed by atoms with Crippen molar-refractivity contribution < 1.29 is 26.5 Å². The molecule has 0 saturated carbocycles. The number of likely N-dealkylation sites (N-methyl/N-ethyl adjacent to an activating group) is 1. The summed E-state index contributed by atoms with van der Waals surface area (Å²) in [5.74, 6) is -1.46. The number of nitrogens with zero attached hydrogens (tertiary/aromatic N) is 2. The summed E-state index contributed by atoms with van der Waals surface area (Å²) < 4.78 is 58.8. The highest BCUT2D eigenvalue weighted by atomic mass is 32.3. The smallest absolute Gasteiger partial charge is 0.291 e. The average Bonchev–Trinajstić information content (AvgIpc) is 3.06. The highest BCUT2D eigenvalue weighted by Crippen LogP contribution is 2.29. The Kier molecular flexibility index (Phi) is 5.78. The third-order valence-corrected chi connectivity index (χ3v) is 6.86. The second-order valence-electron chi connectivity index (χ2n) is 6.29. The number of carbonyl (C=O) groups is 1. The van der Waals surface area contributed by atoms with Crippen molar-refractivity contribution in [1.29, 1.82) is 0 Å². The van der Waals surface area contributed by atoms with E-state index in [1.807, 2.05) is 0 Å². The quantitative estimate of drug-likeness (QED) is 0.612. The van der Waals surface area contributed by atoms with Gasteiger partial charge in [0.2, 0.25) is 5.91 Å². The number of hydrogen-bond acceptors (Lipinski definition) is 5. The first kappa shape index (κ1) is 21.0. The molecule has 3 rings (SSSR count). The molecule has 1 N–H and O–H groups in total. The number of anilines is 1. The van der Waals surface area contributed by atoms with Gasteiger partial charge in [0, 0.05) is 12.6 Å². The molecule has 1 amide bonds. The molecular weight excluding hydrogens is 422 g/mol. The van der Waals surface area contributed by atoms with Gasteiger partial charge in [-0.05, 0) is 36.2 Å². The molecule has 0 aliphatic carbocycles. The topological polar surface area (TPSA) is 87.6 Å². The van der Waals surface area contributed by atoms with Crippen LogP contribution >= 0.6 is 11.3 Å². The SMILES string of the molecule is Cc1nc(N(C)C(=O)Cc2ccc(-c3cc(F)ccc3F)cc2)sc1S(=O)(=O)O. The van der Waals surface area contributed by atoms with Crippen LogP contribution in [0.25, 0.3) is 11.1 Å². The number of carbonyl (C=O) groups excluding carboxylic acids is 1. The molecule has 0 bridgehead atoms. The van der Waals surface area contributed by atoms with Gasteiger partial charge in [-0.3, -0.25) is 14.2 Å². The fourth-order valence-electron chi connectivity index (χ4n) is 2.67. The highest BCUT2D eigenvalue weighted by molar-refractivity contribution is 7.88. The maximum absolute atomic E-state index is 13.9. The minimum absolute atomic E-state index is 0.0117. The van der Waals surface area contributed by atoms with Gasteiger partial charge in [-0.2, -0.15) is 8.42 Å². The van der Waals surface area contributed by atoms with Gasteiger partial charge in [0.05, 0.1) is 12.1 Å². The lowest BCUT2D eigenvalue weighted by atomic mass is 10.0. The number of rotatable bonds is 5. The summed E-state index contributed by atoms with van der Waals surface area (Å²) in [4.78, 5) is 17.7. The zero-order chi connectivity index (χ0) is 21.3. The molecule has 10 heteroatoms. The summed E-state index contributed by atoms with van der Waals surface area (Å²) >= 11 is 0.695. The summed E-state index contributed by atoms with van der Waals surface area (Å²) in [6.07, 6.45) is -0.0117. The molecule has 152 valence electrons. The van der Waals surface area contributed by atoms with E-state index in [1.165, 1.54) is 18.9 Å². The molecule has 1 aromatic heterocycles. The van der Waals surface area contributed by atoms with Crippen molar-refractivity contribution in [2.45, 2.75) is 17.6 Å². The van der Waals surface area contributed by atoms with Crippen molar-refractivity contribution in [1.82, 2.24) is 4.98 Å². The summed E-state index contributed by atoms with van der Waals surface area (Å²) in [6, 6.07) is 9.61. The summed E-state index contributed by atoms with van der Waals surface area (Å²) in [5.41, 5.74) is 1.33. The number of benzene rings is 2. The lowest BCUT2D eigenvalue weighted by Gasteiger charge is -2.14. The van der Waals surface area contributed by atoms with Crippen LogP contribution in [-0.4, -0.2) is 30.9 Å². The van der Waals surface area contributed by atoms with Crippen molar-refractivity contribution in [3.63, 3.8) is 0 Å². The van der Waals surface area contributed by atoms with Crippen LogP contribution in [-0.2, 0) is 21.3 Å². The van der Waals surface area contributed by atoms with Gasteiger partial charge in [-0.25, -0.2) is 13.8 Å². The van der Waals surface area contributed by atoms with Crippen LogP contribution in [0, 0.1) is 18.6 Å². The maximum atomic E-state index is 13.9. The molecule has 0 unspecified atom stereocenters. The Balaban J connectivity index is 1.76. The van der Waals surface area contributed by atoms with Crippen molar-refractivity contribution in [3.05, 3.63) is 65.4 Å². The van der Waals surface area contributed by atoms with Gasteiger partial charge >= 0.3 is 10.1 Å². The van der Waals surface area contributed by atoms with Gasteiger partial charge in [0.1, 0.15) is 11.6 Å². The molecule has 2 aromatic carbocycles. The zero-order valence-corrected chi connectivity index (χ0v) is 17.0. The first-order valence-corrected chi connectivity index (χ1v) is 10.6. The third-order valence-electron chi connectivity index (χ3n) is 4.19. The van der Waals surface area contributed by atoms with Gasteiger partial charge < -0.3 is 0 Å². The zero-order valence-electron chi connectivity index (χ0n) is 15.4. The Morgan fingerprint density at radius 1 is 1.17 bits per heavy atom. The van der Waals surface area contributed by atoms with Gasteiger partial charge in [-0.1, -0.05) is 35.6 Å². The molecule has 29 heavy (non-hydrogen) atoms. The maximum Gasteiger partial charge on any atom is 0.306 e. The molecule has 0 saturated heterocycles. The minimum atomic E-state index is -4.41. The summed E-state index contributed by atoms with van der Waals surface area (Å²) in [5, 5.41) is 0.138. The Morgan fingerprint density at radius 3 is 2.41 bits per heavy atom. The Labute approximate surface area is 170 Å². The average molecular weight is 438 g/mol. The minimum Gasteiger partial charge on any atom is -0.291 e. The third kappa shape index (κ3) is 4.66. The second kappa shape index (κ2) is 7.97. The van der Waals surface area contributed by atoms with E-state index in [9.17, 15) is 26.5 Å². The molecule has 1 heterocycles. The van der Waals surface area contributed by atoms with E-state index >= 15 is 0 Å². The van der Waals surface area contributed by atoms with Crippen LogP contribution in [0.1, 0.15) is 11.3 Å². The van der Waals surface area contributed by atoms with Crippen molar-refractivity contribution in [3.8, 4) is 11.1 Å². The molecule has 3 aromatic rings. The van der Waals surface area contributed by atoms with Crippen LogP contribution in [0.5, 0.6) is 0 Å². The molecular formula is C19H16F2N2O4S2. The van der Waals surface area contributed by atoms with Gasteiger partial charge in [0.25, 0.3) is 0 Å². The summed E-state index contributed by atoms with van der Waals surface area (Å²) in [7, 11) is -2.96. The molecule has 0 atom stereocenters. The number of aromatic nitrogens is 1. The van der Waals surface area contributed by atoms with E-state index in [0.29, 0.717) is 22.5 Å².